The molecule has 1 aromatic rings. The van der Waals surface area contributed by atoms with Crippen LogP contribution in [0.4, 0.5) is 0 Å². The molecule has 16 heavy (non-hydrogen) atoms. The van der Waals surface area contributed by atoms with Gasteiger partial charge in [0.15, 0.2) is 11.5 Å². The number of hydrogen-bond donors (Lipinski definition) is 3. The Hall–Kier alpha value is -1.22. The summed E-state index contributed by atoms with van der Waals surface area (Å²) in [5.41, 5.74) is 0.591. The van der Waals surface area contributed by atoms with Gasteiger partial charge in [-0.25, -0.2) is 0 Å². The second-order valence-electron chi connectivity index (χ2n) is 4.38. The molecule has 0 aromatic heterocycles. The Morgan fingerprint density at radius 1 is 1.19 bits per heavy atom. The number of aliphatic hydroxyl groups is 1. The van der Waals surface area contributed by atoms with Crippen molar-refractivity contribution in [3.8, 4) is 11.5 Å². The molecule has 0 aliphatic carbocycles. The topological polar surface area (TPSA) is 60.7 Å². The van der Waals surface area contributed by atoms with Crippen molar-refractivity contribution in [1.29, 1.82) is 0 Å². The van der Waals surface area contributed by atoms with E-state index in [1.165, 1.54) is 6.07 Å². The summed E-state index contributed by atoms with van der Waals surface area (Å²) in [6.45, 7) is 5.84. The summed E-state index contributed by atoms with van der Waals surface area (Å²) in [6.07, 6.45) is 0.364. The van der Waals surface area contributed by atoms with E-state index in [9.17, 15) is 15.3 Å². The van der Waals surface area contributed by atoms with E-state index in [0.717, 1.165) is 6.42 Å². The summed E-state index contributed by atoms with van der Waals surface area (Å²) in [5, 5.41) is 29.2. The molecule has 0 saturated heterocycles. The van der Waals surface area contributed by atoms with E-state index in [1.54, 1.807) is 12.1 Å². The molecule has 0 spiro atoms. The van der Waals surface area contributed by atoms with Crippen molar-refractivity contribution in [1.82, 2.24) is 0 Å². The predicted octanol–water partition coefficient (Wildman–Crippen LogP) is 2.61. The van der Waals surface area contributed by atoms with Crippen LogP contribution in [0.25, 0.3) is 0 Å². The summed E-state index contributed by atoms with van der Waals surface area (Å²) in [4.78, 5) is 0. The van der Waals surface area contributed by atoms with Crippen LogP contribution in [0.1, 0.15) is 38.7 Å². The number of aromatic hydroxyl groups is 2. The molecule has 0 aliphatic rings. The molecule has 0 saturated carbocycles. The second-order valence-corrected chi connectivity index (χ2v) is 4.38. The van der Waals surface area contributed by atoms with E-state index in [-0.39, 0.29) is 23.3 Å². The zero-order valence-electron chi connectivity index (χ0n) is 10.0. The van der Waals surface area contributed by atoms with Gasteiger partial charge in [-0.1, -0.05) is 39.3 Å². The fourth-order valence-electron chi connectivity index (χ4n) is 1.83. The van der Waals surface area contributed by atoms with E-state index < -0.39 is 6.10 Å². The molecule has 1 rings (SSSR count). The van der Waals surface area contributed by atoms with Gasteiger partial charge in [0.2, 0.25) is 0 Å². The molecule has 3 atom stereocenters. The zero-order chi connectivity index (χ0) is 12.3. The van der Waals surface area contributed by atoms with E-state index >= 15 is 0 Å². The summed E-state index contributed by atoms with van der Waals surface area (Å²) >= 11 is 0. The molecular weight excluding hydrogens is 204 g/mol. The lowest BCUT2D eigenvalue weighted by Gasteiger charge is -2.25. The fraction of sp³-hybridized carbons (Fsp3) is 0.538. The largest absolute Gasteiger partial charge is 0.504 e. The van der Waals surface area contributed by atoms with Crippen molar-refractivity contribution in [3.63, 3.8) is 0 Å². The van der Waals surface area contributed by atoms with Gasteiger partial charge in [-0.2, -0.15) is 0 Å². The third-order valence-electron chi connectivity index (χ3n) is 3.28. The highest BCUT2D eigenvalue weighted by Gasteiger charge is 2.24. The van der Waals surface area contributed by atoms with E-state index in [4.69, 9.17) is 0 Å². The molecule has 0 aliphatic heterocycles. The highest BCUT2D eigenvalue weighted by molar-refractivity contribution is 5.46. The quantitative estimate of drug-likeness (QED) is 0.689. The van der Waals surface area contributed by atoms with Crippen LogP contribution >= 0.6 is 0 Å². The standard InChI is InChI=1S/C13H20O3/c1-4-8(2)12(15)9(3)10-6-5-7-11(14)13(10)16/h5-9,12,14-16H,4H2,1-3H3/t8-,9-,12+/m0/s1. The van der Waals surface area contributed by atoms with Gasteiger partial charge in [0.25, 0.3) is 0 Å². The van der Waals surface area contributed by atoms with Crippen LogP contribution < -0.4 is 0 Å². The number of aliphatic hydroxyl groups excluding tert-OH is 1. The van der Waals surface area contributed by atoms with Crippen LogP contribution in [-0.4, -0.2) is 21.4 Å². The van der Waals surface area contributed by atoms with Gasteiger partial charge in [0.05, 0.1) is 6.10 Å². The van der Waals surface area contributed by atoms with Crippen molar-refractivity contribution >= 4 is 0 Å². The minimum absolute atomic E-state index is 0.127. The third-order valence-corrected chi connectivity index (χ3v) is 3.28. The fourth-order valence-corrected chi connectivity index (χ4v) is 1.83. The van der Waals surface area contributed by atoms with Crippen LogP contribution in [0.2, 0.25) is 0 Å². The Labute approximate surface area is 96.4 Å². The molecule has 3 N–H and O–H groups in total. The number of benzene rings is 1. The van der Waals surface area contributed by atoms with E-state index in [1.807, 2.05) is 20.8 Å². The van der Waals surface area contributed by atoms with Crippen LogP contribution in [0.3, 0.4) is 0 Å². The van der Waals surface area contributed by atoms with Crippen LogP contribution in [-0.2, 0) is 0 Å². The lowest BCUT2D eigenvalue weighted by atomic mass is 9.86. The van der Waals surface area contributed by atoms with E-state index in [0.29, 0.717) is 5.56 Å². The average molecular weight is 224 g/mol. The lowest BCUT2D eigenvalue weighted by Crippen LogP contribution is -2.23. The Kier molecular flexibility index (Phi) is 4.19. The molecule has 0 heterocycles. The Morgan fingerprint density at radius 3 is 2.38 bits per heavy atom. The van der Waals surface area contributed by atoms with Gasteiger partial charge >= 0.3 is 0 Å². The van der Waals surface area contributed by atoms with Gasteiger partial charge < -0.3 is 15.3 Å². The Morgan fingerprint density at radius 2 is 1.81 bits per heavy atom. The first-order valence-corrected chi connectivity index (χ1v) is 5.67. The maximum absolute atomic E-state index is 10.1. The average Bonchev–Trinajstić information content (AvgIpc) is 2.29. The smallest absolute Gasteiger partial charge is 0.161 e. The van der Waals surface area contributed by atoms with Crippen molar-refractivity contribution in [3.05, 3.63) is 23.8 Å². The van der Waals surface area contributed by atoms with Crippen LogP contribution in [0, 0.1) is 5.92 Å². The minimum atomic E-state index is -0.516. The molecule has 0 amide bonds. The van der Waals surface area contributed by atoms with Gasteiger partial charge in [0.1, 0.15) is 0 Å². The van der Waals surface area contributed by atoms with Crippen LogP contribution in [0.5, 0.6) is 11.5 Å². The summed E-state index contributed by atoms with van der Waals surface area (Å²) in [6, 6.07) is 4.83. The molecular formula is C13H20O3. The number of rotatable bonds is 4. The number of phenols is 2. The lowest BCUT2D eigenvalue weighted by molar-refractivity contribution is 0.0908. The summed E-state index contributed by atoms with van der Waals surface area (Å²) < 4.78 is 0. The number of hydrogen-bond acceptors (Lipinski definition) is 3. The Bertz CT molecular complexity index is 349. The maximum Gasteiger partial charge on any atom is 0.161 e. The minimum Gasteiger partial charge on any atom is -0.504 e. The normalized spacial score (nSPS) is 16.8. The second kappa shape index (κ2) is 5.21. The van der Waals surface area contributed by atoms with E-state index in [2.05, 4.69) is 0 Å². The zero-order valence-corrected chi connectivity index (χ0v) is 10.0. The molecule has 0 unspecified atom stereocenters. The molecule has 3 nitrogen and oxygen atoms in total. The van der Waals surface area contributed by atoms with Gasteiger partial charge in [-0.05, 0) is 12.0 Å². The first-order valence-electron chi connectivity index (χ1n) is 5.67. The van der Waals surface area contributed by atoms with Gasteiger partial charge in [0, 0.05) is 11.5 Å². The van der Waals surface area contributed by atoms with Crippen molar-refractivity contribution in [2.45, 2.75) is 39.2 Å². The number of phenolic OH excluding ortho intramolecular Hbond substituents is 2. The first-order chi connectivity index (χ1) is 7.49. The molecule has 1 aromatic carbocycles. The molecule has 3 heteroatoms. The molecule has 90 valence electrons. The Balaban J connectivity index is 2.96. The van der Waals surface area contributed by atoms with Gasteiger partial charge in [-0.3, -0.25) is 0 Å². The SMILES string of the molecule is CC[C@H](C)[C@@H](O)[C@@H](C)c1cccc(O)c1O. The highest BCUT2D eigenvalue weighted by atomic mass is 16.3. The maximum atomic E-state index is 10.1. The van der Waals surface area contributed by atoms with Crippen LogP contribution in [0.15, 0.2) is 18.2 Å². The van der Waals surface area contributed by atoms with Crippen molar-refractivity contribution < 1.29 is 15.3 Å². The third kappa shape index (κ3) is 2.47. The molecule has 0 fully saturated rings. The van der Waals surface area contributed by atoms with Crippen molar-refractivity contribution in [2.24, 2.45) is 5.92 Å². The summed E-state index contributed by atoms with van der Waals surface area (Å²) in [5.74, 6) is -0.295. The first kappa shape index (κ1) is 12.8. The predicted molar refractivity (Wildman–Crippen MR) is 63.6 cm³/mol. The number of para-hydroxylation sites is 1. The molecule has 0 radical (unpaired) electrons. The van der Waals surface area contributed by atoms with Crippen molar-refractivity contribution in [2.75, 3.05) is 0 Å². The van der Waals surface area contributed by atoms with Gasteiger partial charge in [-0.15, -0.1) is 0 Å². The monoisotopic (exact) mass is 224 g/mol. The molecule has 0 bridgehead atoms. The summed E-state index contributed by atoms with van der Waals surface area (Å²) in [7, 11) is 0. The highest BCUT2D eigenvalue weighted by Crippen LogP contribution is 2.36.